The third-order valence-electron chi connectivity index (χ3n) is 2.60. The highest BCUT2D eigenvalue weighted by Gasteiger charge is 2.11. The summed E-state index contributed by atoms with van der Waals surface area (Å²) in [5, 5.41) is 3.40. The Kier molecular flexibility index (Phi) is 3.93. The summed E-state index contributed by atoms with van der Waals surface area (Å²) in [7, 11) is 0. The first kappa shape index (κ1) is 13.0. The van der Waals surface area contributed by atoms with E-state index in [9.17, 15) is 0 Å². The Morgan fingerprint density at radius 3 is 2.83 bits per heavy atom. The fourth-order valence-corrected chi connectivity index (χ4v) is 2.75. The molecule has 0 spiro atoms. The fourth-order valence-electron chi connectivity index (χ4n) is 1.71. The van der Waals surface area contributed by atoms with Crippen molar-refractivity contribution in [2.45, 2.75) is 19.9 Å². The summed E-state index contributed by atoms with van der Waals surface area (Å²) in [4.78, 5) is 7.11. The van der Waals surface area contributed by atoms with Crippen LogP contribution in [-0.4, -0.2) is 9.97 Å². The van der Waals surface area contributed by atoms with Gasteiger partial charge in [0.05, 0.1) is 11.7 Å². The summed E-state index contributed by atoms with van der Waals surface area (Å²) in [5.41, 5.74) is 7.19. The van der Waals surface area contributed by atoms with Gasteiger partial charge in [-0.05, 0) is 38.1 Å². The van der Waals surface area contributed by atoms with Gasteiger partial charge in [0.1, 0.15) is 10.7 Å². The van der Waals surface area contributed by atoms with E-state index >= 15 is 0 Å². The molecule has 3 N–H and O–H groups in total. The van der Waals surface area contributed by atoms with Crippen LogP contribution < -0.4 is 11.1 Å². The highest BCUT2D eigenvalue weighted by molar-refractivity contribution is 7.80. The molecule has 18 heavy (non-hydrogen) atoms. The molecule has 0 aliphatic carbocycles. The number of aromatic nitrogens is 1. The molecule has 0 aromatic carbocycles. The number of nitrogens with two attached hydrogens (primary N) is 1. The van der Waals surface area contributed by atoms with Crippen LogP contribution in [0.2, 0.25) is 0 Å². The molecule has 1 unspecified atom stereocenters. The molecule has 0 amide bonds. The monoisotopic (exact) mass is 277 g/mol. The van der Waals surface area contributed by atoms with E-state index < -0.39 is 0 Å². The Bertz CT molecular complexity index is 563. The third kappa shape index (κ3) is 2.86. The number of pyridine rings is 1. The molecule has 2 aromatic rings. The normalized spacial score (nSPS) is 12.1. The van der Waals surface area contributed by atoms with E-state index in [0.29, 0.717) is 10.7 Å². The second-order valence-electron chi connectivity index (χ2n) is 4.08. The van der Waals surface area contributed by atoms with Crippen LogP contribution >= 0.6 is 23.6 Å². The second-order valence-corrected chi connectivity index (χ2v) is 5.84. The van der Waals surface area contributed by atoms with E-state index in [2.05, 4.69) is 36.3 Å². The zero-order valence-electron chi connectivity index (χ0n) is 10.3. The van der Waals surface area contributed by atoms with Gasteiger partial charge in [0.2, 0.25) is 0 Å². The third-order valence-corrected chi connectivity index (χ3v) is 3.98. The average Bonchev–Trinajstić information content (AvgIpc) is 2.76. The SMILES string of the molecule is Cc1ccc(C(C)Nc2cccnc2C(N)=S)s1. The predicted octanol–water partition coefficient (Wildman–Crippen LogP) is 3.26. The first-order valence-electron chi connectivity index (χ1n) is 5.65. The van der Waals surface area contributed by atoms with Crippen molar-refractivity contribution in [1.29, 1.82) is 0 Å². The largest absolute Gasteiger partial charge is 0.388 e. The molecule has 0 aliphatic rings. The van der Waals surface area contributed by atoms with Crippen LogP contribution in [0.3, 0.4) is 0 Å². The van der Waals surface area contributed by atoms with Gasteiger partial charge in [-0.25, -0.2) is 0 Å². The minimum Gasteiger partial charge on any atom is -0.388 e. The van der Waals surface area contributed by atoms with Gasteiger partial charge in [0.15, 0.2) is 0 Å². The number of anilines is 1. The minimum absolute atomic E-state index is 0.209. The molecule has 2 aromatic heterocycles. The Balaban J connectivity index is 2.21. The number of hydrogen-bond donors (Lipinski definition) is 2. The number of thiophene rings is 1. The van der Waals surface area contributed by atoms with Gasteiger partial charge in [-0.15, -0.1) is 11.3 Å². The zero-order valence-corrected chi connectivity index (χ0v) is 11.9. The van der Waals surface area contributed by atoms with Gasteiger partial charge < -0.3 is 11.1 Å². The summed E-state index contributed by atoms with van der Waals surface area (Å²) in [6, 6.07) is 8.28. The topological polar surface area (TPSA) is 50.9 Å². The summed E-state index contributed by atoms with van der Waals surface area (Å²) >= 11 is 6.78. The van der Waals surface area contributed by atoms with Gasteiger partial charge in [0, 0.05) is 16.0 Å². The maximum absolute atomic E-state index is 5.66. The predicted molar refractivity (Wildman–Crippen MR) is 81.2 cm³/mol. The van der Waals surface area contributed by atoms with Gasteiger partial charge >= 0.3 is 0 Å². The van der Waals surface area contributed by atoms with E-state index in [1.54, 1.807) is 17.5 Å². The Hall–Kier alpha value is -1.46. The quantitative estimate of drug-likeness (QED) is 0.842. The maximum Gasteiger partial charge on any atom is 0.124 e. The smallest absolute Gasteiger partial charge is 0.124 e. The molecular formula is C13H15N3S2. The van der Waals surface area contributed by atoms with Crippen molar-refractivity contribution in [3.8, 4) is 0 Å². The Labute approximate surface area is 116 Å². The maximum atomic E-state index is 5.66. The van der Waals surface area contributed by atoms with Crippen molar-refractivity contribution >= 4 is 34.2 Å². The summed E-state index contributed by atoms with van der Waals surface area (Å²) < 4.78 is 0. The molecule has 94 valence electrons. The minimum atomic E-state index is 0.209. The number of rotatable bonds is 4. The van der Waals surface area contributed by atoms with Crippen LogP contribution in [0.5, 0.6) is 0 Å². The van der Waals surface area contributed by atoms with Gasteiger partial charge in [-0.3, -0.25) is 4.98 Å². The molecule has 0 fully saturated rings. The van der Waals surface area contributed by atoms with Gasteiger partial charge in [-0.1, -0.05) is 12.2 Å². The summed E-state index contributed by atoms with van der Waals surface area (Å²) in [5.74, 6) is 0. The van der Waals surface area contributed by atoms with E-state index in [-0.39, 0.29) is 6.04 Å². The van der Waals surface area contributed by atoms with Crippen molar-refractivity contribution in [2.24, 2.45) is 5.73 Å². The van der Waals surface area contributed by atoms with E-state index in [4.69, 9.17) is 18.0 Å². The number of hydrogen-bond acceptors (Lipinski definition) is 4. The number of nitrogens with one attached hydrogen (secondary N) is 1. The van der Waals surface area contributed by atoms with Crippen molar-refractivity contribution in [2.75, 3.05) is 5.32 Å². The van der Waals surface area contributed by atoms with E-state index in [1.165, 1.54) is 9.75 Å². The Morgan fingerprint density at radius 2 is 2.22 bits per heavy atom. The van der Waals surface area contributed by atoms with Gasteiger partial charge in [0.25, 0.3) is 0 Å². The lowest BCUT2D eigenvalue weighted by Crippen LogP contribution is -2.16. The van der Waals surface area contributed by atoms with E-state index in [0.717, 1.165) is 5.69 Å². The van der Waals surface area contributed by atoms with Crippen LogP contribution in [0.25, 0.3) is 0 Å². The Morgan fingerprint density at radius 1 is 1.44 bits per heavy atom. The molecule has 2 rings (SSSR count). The number of thiocarbonyl (C=S) groups is 1. The van der Waals surface area contributed by atoms with Crippen molar-refractivity contribution in [3.63, 3.8) is 0 Å². The van der Waals surface area contributed by atoms with Crippen LogP contribution in [0.1, 0.15) is 28.4 Å². The molecule has 0 radical (unpaired) electrons. The van der Waals surface area contributed by atoms with Crippen LogP contribution in [0.4, 0.5) is 5.69 Å². The highest BCUT2D eigenvalue weighted by atomic mass is 32.1. The summed E-state index contributed by atoms with van der Waals surface area (Å²) in [6.07, 6.45) is 1.69. The highest BCUT2D eigenvalue weighted by Crippen LogP contribution is 2.26. The van der Waals surface area contributed by atoms with Gasteiger partial charge in [-0.2, -0.15) is 0 Å². The van der Waals surface area contributed by atoms with Crippen molar-refractivity contribution < 1.29 is 0 Å². The van der Waals surface area contributed by atoms with Crippen LogP contribution in [0.15, 0.2) is 30.5 Å². The molecule has 2 heterocycles. The molecule has 5 heteroatoms. The first-order chi connectivity index (χ1) is 8.58. The zero-order chi connectivity index (χ0) is 13.1. The molecule has 1 atom stereocenters. The lowest BCUT2D eigenvalue weighted by atomic mass is 10.2. The molecule has 3 nitrogen and oxygen atoms in total. The molecule has 0 saturated carbocycles. The molecular weight excluding hydrogens is 262 g/mol. The molecule has 0 aliphatic heterocycles. The lowest BCUT2D eigenvalue weighted by Gasteiger charge is -2.15. The first-order valence-corrected chi connectivity index (χ1v) is 6.88. The number of nitrogens with zero attached hydrogens (tertiary/aromatic N) is 1. The standard InChI is InChI=1S/C13H15N3S2/c1-8-5-6-11(18-8)9(2)16-10-4-3-7-15-12(10)13(14)17/h3-7,9,16H,1-2H3,(H2,14,17). The number of aryl methyl sites for hydroxylation is 1. The van der Waals surface area contributed by atoms with Crippen LogP contribution in [-0.2, 0) is 0 Å². The van der Waals surface area contributed by atoms with Crippen molar-refractivity contribution in [3.05, 3.63) is 45.9 Å². The van der Waals surface area contributed by atoms with E-state index in [1.807, 2.05) is 12.1 Å². The van der Waals surface area contributed by atoms with Crippen molar-refractivity contribution in [1.82, 2.24) is 4.98 Å². The second kappa shape index (κ2) is 5.46. The molecule has 0 bridgehead atoms. The van der Waals surface area contributed by atoms with Crippen LogP contribution in [0, 0.1) is 6.92 Å². The fraction of sp³-hybridized carbons (Fsp3) is 0.231. The lowest BCUT2D eigenvalue weighted by molar-refractivity contribution is 0.905. The summed E-state index contributed by atoms with van der Waals surface area (Å²) in [6.45, 7) is 4.22. The average molecular weight is 277 g/mol. The molecule has 0 saturated heterocycles.